The summed E-state index contributed by atoms with van der Waals surface area (Å²) in [6, 6.07) is 66.2. The number of benzene rings is 8. The topological polar surface area (TPSA) is 8.17 Å². The largest absolute Gasteiger partial charge is 0.310 e. The number of rotatable bonds is 5. The first-order chi connectivity index (χ1) is 24.3. The number of anilines is 3. The van der Waals surface area contributed by atoms with Crippen molar-refractivity contribution in [1.29, 1.82) is 0 Å². The minimum Gasteiger partial charge on any atom is -0.310 e. The molecule has 0 saturated carbocycles. The van der Waals surface area contributed by atoms with Crippen LogP contribution in [0.4, 0.5) is 17.1 Å². The van der Waals surface area contributed by atoms with Crippen molar-refractivity contribution < 1.29 is 0 Å². The van der Waals surface area contributed by atoms with Gasteiger partial charge in [-0.1, -0.05) is 121 Å². The zero-order chi connectivity index (χ0) is 32.3. The highest BCUT2D eigenvalue weighted by molar-refractivity contribution is 7.25. The fraction of sp³-hybridized carbons (Fsp3) is 0. The average molecular weight is 643 g/mol. The highest BCUT2D eigenvalue weighted by Crippen LogP contribution is 2.46. The van der Waals surface area contributed by atoms with Crippen LogP contribution in [0.5, 0.6) is 0 Å². The summed E-state index contributed by atoms with van der Waals surface area (Å²) in [6.07, 6.45) is 0. The molecular formula is C46H30N2S. The zero-order valence-electron chi connectivity index (χ0n) is 26.6. The molecule has 0 bridgehead atoms. The van der Waals surface area contributed by atoms with Crippen LogP contribution in [-0.2, 0) is 0 Å². The van der Waals surface area contributed by atoms with Crippen LogP contribution < -0.4 is 4.90 Å². The normalized spacial score (nSPS) is 11.7. The number of fused-ring (bicyclic) bond motifs is 8. The molecule has 0 amide bonds. The molecule has 0 atom stereocenters. The number of nitrogens with zero attached hydrogens (tertiary/aromatic N) is 2. The molecule has 0 fully saturated rings. The summed E-state index contributed by atoms with van der Waals surface area (Å²) >= 11 is 1.86. The second-order valence-corrected chi connectivity index (χ2v) is 13.6. The Morgan fingerprint density at radius 2 is 1.08 bits per heavy atom. The van der Waals surface area contributed by atoms with Crippen molar-refractivity contribution >= 4 is 81.1 Å². The van der Waals surface area contributed by atoms with E-state index in [0.717, 1.165) is 22.7 Å². The van der Waals surface area contributed by atoms with E-state index >= 15 is 0 Å². The van der Waals surface area contributed by atoms with E-state index in [1.54, 1.807) is 0 Å². The summed E-state index contributed by atoms with van der Waals surface area (Å²) < 4.78 is 5.01. The molecule has 0 radical (unpaired) electrons. The van der Waals surface area contributed by atoms with Gasteiger partial charge in [0, 0.05) is 53.6 Å². The number of thiophene rings is 1. The van der Waals surface area contributed by atoms with E-state index in [1.165, 1.54) is 63.9 Å². The molecule has 2 aromatic heterocycles. The predicted molar refractivity (Wildman–Crippen MR) is 211 cm³/mol. The van der Waals surface area contributed by atoms with Gasteiger partial charge in [-0.3, -0.25) is 0 Å². The van der Waals surface area contributed by atoms with Crippen molar-refractivity contribution in [2.24, 2.45) is 0 Å². The summed E-state index contributed by atoms with van der Waals surface area (Å²) in [5, 5.41) is 7.63. The summed E-state index contributed by atoms with van der Waals surface area (Å²) in [4.78, 5) is 2.45. The van der Waals surface area contributed by atoms with E-state index in [-0.39, 0.29) is 0 Å². The van der Waals surface area contributed by atoms with Gasteiger partial charge in [-0.25, -0.2) is 0 Å². The summed E-state index contributed by atoms with van der Waals surface area (Å²) in [5.41, 5.74) is 9.35. The molecule has 0 aliphatic carbocycles. The fourth-order valence-corrected chi connectivity index (χ4v) is 8.72. The van der Waals surface area contributed by atoms with Crippen LogP contribution >= 0.6 is 11.3 Å². The van der Waals surface area contributed by atoms with Gasteiger partial charge in [-0.05, 0) is 77.0 Å². The van der Waals surface area contributed by atoms with Gasteiger partial charge < -0.3 is 9.47 Å². The van der Waals surface area contributed by atoms with Gasteiger partial charge in [0.25, 0.3) is 0 Å². The van der Waals surface area contributed by atoms with Crippen molar-refractivity contribution in [3.05, 3.63) is 182 Å². The highest BCUT2D eigenvalue weighted by Gasteiger charge is 2.21. The van der Waals surface area contributed by atoms with Gasteiger partial charge in [0.15, 0.2) is 0 Å². The number of para-hydroxylation sites is 2. The molecule has 0 aliphatic heterocycles. The Kier molecular flexibility index (Phi) is 6.39. The van der Waals surface area contributed by atoms with Crippen LogP contribution in [0.3, 0.4) is 0 Å². The first-order valence-electron chi connectivity index (χ1n) is 16.7. The van der Waals surface area contributed by atoms with Gasteiger partial charge >= 0.3 is 0 Å². The summed E-state index contributed by atoms with van der Waals surface area (Å²) in [6.45, 7) is 0. The molecular weight excluding hydrogens is 613 g/mol. The molecule has 2 nitrogen and oxygen atoms in total. The molecule has 230 valence electrons. The van der Waals surface area contributed by atoms with Crippen LogP contribution in [0, 0.1) is 0 Å². The first kappa shape index (κ1) is 27.9. The Bertz CT molecular complexity index is 2830. The average Bonchev–Trinajstić information content (AvgIpc) is 3.71. The second kappa shape index (κ2) is 11.2. The second-order valence-electron chi connectivity index (χ2n) is 12.6. The molecule has 49 heavy (non-hydrogen) atoms. The maximum atomic E-state index is 2.45. The third kappa shape index (κ3) is 4.47. The lowest BCUT2D eigenvalue weighted by molar-refractivity contribution is 1.18. The van der Waals surface area contributed by atoms with Gasteiger partial charge in [-0.2, -0.15) is 0 Å². The number of hydrogen-bond acceptors (Lipinski definition) is 2. The van der Waals surface area contributed by atoms with E-state index in [2.05, 4.69) is 191 Å². The van der Waals surface area contributed by atoms with E-state index in [9.17, 15) is 0 Å². The van der Waals surface area contributed by atoms with Crippen LogP contribution in [0.25, 0.3) is 69.6 Å². The smallest absolute Gasteiger partial charge is 0.0547 e. The van der Waals surface area contributed by atoms with Crippen LogP contribution in [0.1, 0.15) is 0 Å². The quantitative estimate of drug-likeness (QED) is 0.181. The van der Waals surface area contributed by atoms with E-state index in [4.69, 9.17) is 0 Å². The minimum absolute atomic E-state index is 1.12. The van der Waals surface area contributed by atoms with Crippen LogP contribution in [0.2, 0.25) is 0 Å². The highest BCUT2D eigenvalue weighted by atomic mass is 32.1. The Morgan fingerprint density at radius 1 is 0.429 bits per heavy atom. The van der Waals surface area contributed by atoms with E-state index < -0.39 is 0 Å². The molecule has 0 unspecified atom stereocenters. The van der Waals surface area contributed by atoms with Crippen molar-refractivity contribution in [2.45, 2.75) is 0 Å². The van der Waals surface area contributed by atoms with E-state index in [0.29, 0.717) is 0 Å². The molecule has 0 N–H and O–H groups in total. The Balaban J connectivity index is 1.28. The van der Waals surface area contributed by atoms with Gasteiger partial charge in [0.05, 0.1) is 16.7 Å². The molecule has 10 rings (SSSR count). The predicted octanol–water partition coefficient (Wildman–Crippen LogP) is 13.4. The molecule has 2 heterocycles. The maximum Gasteiger partial charge on any atom is 0.0547 e. The zero-order valence-corrected chi connectivity index (χ0v) is 27.4. The standard InChI is InChI=1S/C46H30N2S/c1-3-13-31(14-4-1)36-18-9-11-21-41(36)47(35-24-26-39-38-20-10-12-22-44(38)49-45(39)30-35)34-25-28-42-40(29-34)46-37-19-8-7-15-32(37)23-27-43(46)48(42)33-16-5-2-6-17-33/h1-30H. The lowest BCUT2D eigenvalue weighted by Crippen LogP contribution is -2.11. The first-order valence-corrected chi connectivity index (χ1v) is 17.5. The number of hydrogen-bond donors (Lipinski definition) is 0. The third-order valence-corrected chi connectivity index (χ3v) is 10.9. The summed E-state index contributed by atoms with van der Waals surface area (Å²) in [7, 11) is 0. The molecule has 0 spiro atoms. The molecule has 8 aromatic carbocycles. The maximum absolute atomic E-state index is 2.45. The molecule has 0 saturated heterocycles. The van der Waals surface area contributed by atoms with Gasteiger partial charge in [0.2, 0.25) is 0 Å². The minimum atomic E-state index is 1.12. The lowest BCUT2D eigenvalue weighted by Gasteiger charge is -2.28. The molecule has 0 aliphatic rings. The SMILES string of the molecule is c1ccc(-c2ccccc2N(c2ccc3c(c2)sc2ccccc23)c2ccc3c(c2)c2c4ccccc4ccc2n3-c2ccccc2)cc1. The Hall–Kier alpha value is -6.16. The van der Waals surface area contributed by atoms with Crippen molar-refractivity contribution in [3.8, 4) is 16.8 Å². The van der Waals surface area contributed by atoms with Crippen LogP contribution in [-0.4, -0.2) is 4.57 Å². The monoisotopic (exact) mass is 642 g/mol. The van der Waals surface area contributed by atoms with Gasteiger partial charge in [0.1, 0.15) is 0 Å². The number of aromatic nitrogens is 1. The van der Waals surface area contributed by atoms with Crippen LogP contribution in [0.15, 0.2) is 182 Å². The lowest BCUT2D eigenvalue weighted by atomic mass is 10.0. The van der Waals surface area contributed by atoms with Crippen molar-refractivity contribution in [2.75, 3.05) is 4.90 Å². The Morgan fingerprint density at radius 3 is 1.96 bits per heavy atom. The molecule has 3 heteroatoms. The van der Waals surface area contributed by atoms with Crippen molar-refractivity contribution in [3.63, 3.8) is 0 Å². The molecule has 10 aromatic rings. The van der Waals surface area contributed by atoms with Crippen molar-refractivity contribution in [1.82, 2.24) is 4.57 Å². The van der Waals surface area contributed by atoms with Gasteiger partial charge in [-0.15, -0.1) is 11.3 Å². The van der Waals surface area contributed by atoms with E-state index in [1.807, 2.05) is 11.3 Å². The third-order valence-electron chi connectivity index (χ3n) is 9.76. The Labute approximate surface area is 288 Å². The summed E-state index contributed by atoms with van der Waals surface area (Å²) in [5.74, 6) is 0. The fourth-order valence-electron chi connectivity index (χ4n) is 7.58.